The lowest BCUT2D eigenvalue weighted by Crippen LogP contribution is -2.47. The number of hydrogen-bond acceptors (Lipinski definition) is 4. The Hall–Kier alpha value is -2.57. The van der Waals surface area contributed by atoms with Gasteiger partial charge >= 0.3 is 0 Å². The van der Waals surface area contributed by atoms with Gasteiger partial charge in [-0.2, -0.15) is 5.10 Å². The van der Waals surface area contributed by atoms with Crippen LogP contribution in [0.15, 0.2) is 35.3 Å². The number of aromatic nitrogens is 3. The van der Waals surface area contributed by atoms with E-state index in [9.17, 15) is 0 Å². The lowest BCUT2D eigenvalue weighted by atomic mass is 10.1. The Balaban J connectivity index is 1.56. The fraction of sp³-hybridized carbons (Fsp3) is 0.550. The molecule has 2 heterocycles. The summed E-state index contributed by atoms with van der Waals surface area (Å²) in [5.74, 6) is 3.72. The first-order chi connectivity index (χ1) is 13.2. The Labute approximate surface area is 161 Å². The summed E-state index contributed by atoms with van der Waals surface area (Å²) in [6.45, 7) is 8.43. The number of aliphatic imine (C=N–C) groups is 1. The molecule has 0 fully saturated rings. The Morgan fingerprint density at radius 3 is 2.89 bits per heavy atom. The Bertz CT molecular complexity index is 742. The van der Waals surface area contributed by atoms with Crippen LogP contribution in [0.5, 0.6) is 5.75 Å². The van der Waals surface area contributed by atoms with Crippen LogP contribution in [0.3, 0.4) is 0 Å². The van der Waals surface area contributed by atoms with Crippen LogP contribution < -0.4 is 15.4 Å². The average Bonchev–Trinajstić information content (AvgIpc) is 3.09. The number of para-hydroxylation sites is 1. The molecule has 0 saturated carbocycles. The van der Waals surface area contributed by atoms with Gasteiger partial charge in [0.05, 0.1) is 13.1 Å². The van der Waals surface area contributed by atoms with Crippen molar-refractivity contribution in [1.82, 2.24) is 25.4 Å². The van der Waals surface area contributed by atoms with Crippen molar-refractivity contribution in [3.8, 4) is 5.75 Å². The molecule has 3 rings (SSSR count). The van der Waals surface area contributed by atoms with E-state index in [2.05, 4.69) is 34.6 Å². The van der Waals surface area contributed by atoms with Crippen LogP contribution in [-0.2, 0) is 19.4 Å². The van der Waals surface area contributed by atoms with Crippen molar-refractivity contribution in [2.24, 2.45) is 4.99 Å². The van der Waals surface area contributed by atoms with Crippen molar-refractivity contribution >= 4 is 5.96 Å². The lowest BCUT2D eigenvalue weighted by Gasteiger charge is -2.25. The highest BCUT2D eigenvalue weighted by Gasteiger charge is 2.22. The number of benzene rings is 1. The number of fused-ring (bicyclic) bond motifs is 1. The molecule has 0 radical (unpaired) electrons. The number of ether oxygens (including phenoxy) is 1. The van der Waals surface area contributed by atoms with Crippen LogP contribution in [-0.4, -0.2) is 46.0 Å². The van der Waals surface area contributed by atoms with E-state index in [0.29, 0.717) is 12.6 Å². The van der Waals surface area contributed by atoms with Gasteiger partial charge in [0.15, 0.2) is 11.8 Å². The molecule has 0 amide bonds. The first kappa shape index (κ1) is 19.2. The molecule has 0 spiro atoms. The number of nitrogens with zero attached hydrogens (tertiary/aromatic N) is 4. The van der Waals surface area contributed by atoms with Crippen molar-refractivity contribution < 1.29 is 4.74 Å². The Morgan fingerprint density at radius 1 is 1.33 bits per heavy atom. The summed E-state index contributed by atoms with van der Waals surface area (Å²) in [5.41, 5.74) is 0. The van der Waals surface area contributed by atoms with E-state index in [-0.39, 0.29) is 6.10 Å². The van der Waals surface area contributed by atoms with E-state index in [0.717, 1.165) is 55.7 Å². The van der Waals surface area contributed by atoms with E-state index >= 15 is 0 Å². The number of aryl methyl sites for hydroxylation is 2. The van der Waals surface area contributed by atoms with Crippen LogP contribution >= 0.6 is 0 Å². The second-order valence-electron chi connectivity index (χ2n) is 6.82. The van der Waals surface area contributed by atoms with Crippen molar-refractivity contribution in [3.05, 3.63) is 42.0 Å². The third kappa shape index (κ3) is 5.45. The molecule has 0 bridgehead atoms. The monoisotopic (exact) mass is 370 g/mol. The summed E-state index contributed by atoms with van der Waals surface area (Å²) < 4.78 is 7.94. The summed E-state index contributed by atoms with van der Waals surface area (Å²) >= 11 is 0. The fourth-order valence-corrected chi connectivity index (χ4v) is 3.13. The van der Waals surface area contributed by atoms with E-state index in [1.54, 1.807) is 0 Å². The molecule has 1 aromatic heterocycles. The third-order valence-corrected chi connectivity index (χ3v) is 4.49. The molecule has 1 aliphatic heterocycles. The minimum atomic E-state index is 0.00300. The SMILES string of the molecule is CCNC(=NCC(C)Oc1ccccc1)NC1CCc2nc(CC)nn2C1. The lowest BCUT2D eigenvalue weighted by molar-refractivity contribution is 0.230. The van der Waals surface area contributed by atoms with Gasteiger partial charge in [-0.3, -0.25) is 0 Å². The van der Waals surface area contributed by atoms with Crippen LogP contribution in [0.25, 0.3) is 0 Å². The van der Waals surface area contributed by atoms with E-state index < -0.39 is 0 Å². The Morgan fingerprint density at radius 2 is 2.15 bits per heavy atom. The largest absolute Gasteiger partial charge is 0.489 e. The third-order valence-electron chi connectivity index (χ3n) is 4.49. The summed E-state index contributed by atoms with van der Waals surface area (Å²) in [4.78, 5) is 9.29. The standard InChI is InChI=1S/C20H30N6O/c1-4-18-24-19-12-11-16(14-26(19)25-18)23-20(21-5-2)22-13-15(3)27-17-9-7-6-8-10-17/h6-10,15-16H,4-5,11-14H2,1-3H3,(H2,21,22,23). The summed E-state index contributed by atoms with van der Waals surface area (Å²) in [6.07, 6.45) is 2.85. The molecule has 1 aromatic carbocycles. The van der Waals surface area contributed by atoms with Gasteiger partial charge in [0.2, 0.25) is 0 Å². The average molecular weight is 371 g/mol. The maximum Gasteiger partial charge on any atom is 0.191 e. The van der Waals surface area contributed by atoms with E-state index in [4.69, 9.17) is 9.73 Å². The normalized spacial score (nSPS) is 17.9. The number of rotatable bonds is 7. The molecule has 1 aliphatic rings. The molecule has 2 aromatic rings. The summed E-state index contributed by atoms with van der Waals surface area (Å²) in [6, 6.07) is 10.2. The summed E-state index contributed by atoms with van der Waals surface area (Å²) in [7, 11) is 0. The predicted octanol–water partition coefficient (Wildman–Crippen LogP) is 2.18. The highest BCUT2D eigenvalue weighted by atomic mass is 16.5. The molecule has 146 valence electrons. The molecule has 0 saturated heterocycles. The summed E-state index contributed by atoms with van der Waals surface area (Å²) in [5, 5.41) is 11.4. The van der Waals surface area contributed by atoms with Crippen molar-refractivity contribution in [2.75, 3.05) is 13.1 Å². The minimum Gasteiger partial charge on any atom is -0.489 e. The minimum absolute atomic E-state index is 0.00300. The van der Waals surface area contributed by atoms with Crippen molar-refractivity contribution in [3.63, 3.8) is 0 Å². The van der Waals surface area contributed by atoms with Gasteiger partial charge in [-0.1, -0.05) is 25.1 Å². The van der Waals surface area contributed by atoms with Gasteiger partial charge < -0.3 is 15.4 Å². The second kappa shape index (κ2) is 9.39. The van der Waals surface area contributed by atoms with Crippen molar-refractivity contribution in [2.45, 2.75) is 58.7 Å². The van der Waals surface area contributed by atoms with Gasteiger partial charge in [-0.05, 0) is 32.4 Å². The molecule has 7 heteroatoms. The molecular weight excluding hydrogens is 340 g/mol. The first-order valence-corrected chi connectivity index (χ1v) is 9.87. The fourth-order valence-electron chi connectivity index (χ4n) is 3.13. The molecule has 27 heavy (non-hydrogen) atoms. The zero-order valence-electron chi connectivity index (χ0n) is 16.5. The smallest absolute Gasteiger partial charge is 0.191 e. The van der Waals surface area contributed by atoms with Gasteiger partial charge in [-0.25, -0.2) is 14.7 Å². The molecule has 2 unspecified atom stereocenters. The second-order valence-corrected chi connectivity index (χ2v) is 6.82. The number of hydrogen-bond donors (Lipinski definition) is 2. The number of nitrogens with one attached hydrogen (secondary N) is 2. The first-order valence-electron chi connectivity index (χ1n) is 9.87. The molecule has 2 N–H and O–H groups in total. The topological polar surface area (TPSA) is 76.4 Å². The van der Waals surface area contributed by atoms with Gasteiger partial charge in [-0.15, -0.1) is 0 Å². The van der Waals surface area contributed by atoms with Gasteiger partial charge in [0.25, 0.3) is 0 Å². The molecular formula is C20H30N6O. The van der Waals surface area contributed by atoms with Crippen molar-refractivity contribution in [1.29, 1.82) is 0 Å². The van der Waals surface area contributed by atoms with Crippen LogP contribution in [0.1, 0.15) is 38.8 Å². The molecule has 0 aliphatic carbocycles. The highest BCUT2D eigenvalue weighted by molar-refractivity contribution is 5.80. The van der Waals surface area contributed by atoms with E-state index in [1.165, 1.54) is 0 Å². The quantitative estimate of drug-likeness (QED) is 0.577. The number of guanidine groups is 1. The zero-order valence-corrected chi connectivity index (χ0v) is 16.5. The zero-order chi connectivity index (χ0) is 19.1. The van der Waals surface area contributed by atoms with Crippen LogP contribution in [0.2, 0.25) is 0 Å². The van der Waals surface area contributed by atoms with Crippen LogP contribution in [0.4, 0.5) is 0 Å². The van der Waals surface area contributed by atoms with Gasteiger partial charge in [0, 0.05) is 25.4 Å². The molecule has 2 atom stereocenters. The van der Waals surface area contributed by atoms with Gasteiger partial charge in [0.1, 0.15) is 17.7 Å². The highest BCUT2D eigenvalue weighted by Crippen LogP contribution is 2.14. The van der Waals surface area contributed by atoms with E-state index in [1.807, 2.05) is 41.9 Å². The maximum atomic E-state index is 5.91. The Kier molecular flexibility index (Phi) is 6.68. The molecule has 7 nitrogen and oxygen atoms in total. The maximum absolute atomic E-state index is 5.91. The van der Waals surface area contributed by atoms with Crippen LogP contribution in [0, 0.1) is 0 Å². The predicted molar refractivity (Wildman–Crippen MR) is 107 cm³/mol.